The molecule has 2 heterocycles. The van der Waals surface area contributed by atoms with E-state index in [1.54, 1.807) is 16.8 Å². The number of nitrogens with zero attached hydrogens (tertiary/aromatic N) is 3. The van der Waals surface area contributed by atoms with Crippen molar-refractivity contribution in [2.75, 3.05) is 0 Å². The molecule has 2 aliphatic rings. The second kappa shape index (κ2) is 6.35. The Labute approximate surface area is 180 Å². The molecule has 0 radical (unpaired) electrons. The molecule has 0 N–H and O–H groups in total. The maximum atomic E-state index is 13.1. The van der Waals surface area contributed by atoms with Gasteiger partial charge in [-0.2, -0.15) is 0 Å². The molecule has 0 amide bonds. The highest BCUT2D eigenvalue weighted by Crippen LogP contribution is 2.50. The van der Waals surface area contributed by atoms with Crippen LogP contribution in [-0.4, -0.2) is 32.2 Å². The molecule has 29 heavy (non-hydrogen) atoms. The Hall–Kier alpha value is -2.81. The monoisotopic (exact) mass is 497 g/mol. The largest absolute Gasteiger partial charge is 0.484 e. The van der Waals surface area contributed by atoms with Crippen LogP contribution in [0.5, 0.6) is 0 Å². The van der Waals surface area contributed by atoms with Crippen molar-refractivity contribution in [3.05, 3.63) is 75.0 Å². The third-order valence-corrected chi connectivity index (χ3v) is 6.34. The maximum absolute atomic E-state index is 13.1. The van der Waals surface area contributed by atoms with Crippen LogP contribution in [0.4, 0.5) is 0 Å². The number of benzene rings is 2. The number of ketones is 2. The number of rotatable bonds is 2. The minimum absolute atomic E-state index is 0.348. The van der Waals surface area contributed by atoms with Crippen LogP contribution in [0.15, 0.2) is 60.2 Å². The zero-order chi connectivity index (χ0) is 20.3. The lowest BCUT2D eigenvalue weighted by molar-refractivity contribution is -0.112. The van der Waals surface area contributed by atoms with Crippen molar-refractivity contribution in [2.45, 2.75) is 25.5 Å². The van der Waals surface area contributed by atoms with Crippen LogP contribution in [0.3, 0.4) is 0 Å². The quantitative estimate of drug-likeness (QED) is 0.394. The highest BCUT2D eigenvalue weighted by molar-refractivity contribution is 14.1. The van der Waals surface area contributed by atoms with Gasteiger partial charge in [0.15, 0.2) is 0 Å². The van der Waals surface area contributed by atoms with Gasteiger partial charge in [0.05, 0.1) is 5.57 Å². The average Bonchev–Trinajstić information content (AvgIpc) is 3.23. The van der Waals surface area contributed by atoms with Gasteiger partial charge < -0.3 is 4.74 Å². The summed E-state index contributed by atoms with van der Waals surface area (Å²) >= 11 is 2.19. The zero-order valence-electron chi connectivity index (χ0n) is 15.7. The summed E-state index contributed by atoms with van der Waals surface area (Å²) in [4.78, 5) is 25.8. The topological polar surface area (TPSA) is 74.1 Å². The molecule has 6 nitrogen and oxygen atoms in total. The molecule has 1 atom stereocenters. The van der Waals surface area contributed by atoms with E-state index >= 15 is 0 Å². The van der Waals surface area contributed by atoms with Crippen molar-refractivity contribution in [1.29, 1.82) is 0 Å². The van der Waals surface area contributed by atoms with E-state index in [-0.39, 0.29) is 0 Å². The number of carbonyl (C=O) groups is 2. The summed E-state index contributed by atoms with van der Waals surface area (Å²) in [6.45, 7) is 3.80. The van der Waals surface area contributed by atoms with Crippen LogP contribution in [0.1, 0.15) is 35.8 Å². The summed E-state index contributed by atoms with van der Waals surface area (Å²) in [7, 11) is 0. The Morgan fingerprint density at radius 3 is 2.34 bits per heavy atom. The van der Waals surface area contributed by atoms with E-state index < -0.39 is 23.2 Å². The van der Waals surface area contributed by atoms with Crippen molar-refractivity contribution < 1.29 is 14.3 Å². The number of fused-ring (bicyclic) bond motifs is 2. The summed E-state index contributed by atoms with van der Waals surface area (Å²) in [6.07, 6.45) is 0. The van der Waals surface area contributed by atoms with Crippen molar-refractivity contribution >= 4 is 39.9 Å². The first kappa shape index (κ1) is 18.2. The van der Waals surface area contributed by atoms with Gasteiger partial charge in [-0.05, 0) is 36.4 Å². The highest BCUT2D eigenvalue weighted by atomic mass is 127. The lowest BCUT2D eigenvalue weighted by Crippen LogP contribution is -2.36. The molecule has 1 aromatic heterocycles. The summed E-state index contributed by atoms with van der Waals surface area (Å²) in [5, 5.41) is 8.71. The summed E-state index contributed by atoms with van der Waals surface area (Å²) in [5.41, 5.74) is 2.27. The normalized spacial score (nSPS) is 19.8. The van der Waals surface area contributed by atoms with E-state index in [4.69, 9.17) is 4.74 Å². The molecule has 3 aromatic rings. The van der Waals surface area contributed by atoms with Crippen molar-refractivity contribution in [3.63, 3.8) is 0 Å². The molecule has 2 aromatic carbocycles. The first-order chi connectivity index (χ1) is 13.9. The highest BCUT2D eigenvalue weighted by Gasteiger charge is 2.52. The number of halogens is 1. The van der Waals surface area contributed by atoms with Crippen LogP contribution < -0.4 is 0 Å². The van der Waals surface area contributed by atoms with Gasteiger partial charge in [0, 0.05) is 16.7 Å². The molecule has 144 valence electrons. The molecule has 1 unspecified atom stereocenters. The predicted molar refractivity (Wildman–Crippen MR) is 115 cm³/mol. The molecular weight excluding hydrogens is 481 g/mol. The van der Waals surface area contributed by atoms with Crippen LogP contribution in [0.2, 0.25) is 0 Å². The maximum Gasteiger partial charge on any atom is 0.235 e. The standard InChI is InChI=1S/C22H16IN3O3/c1-22(2)20(26-21(23)16(24-25-26)12-8-4-3-5-9-12)15-18(28)17(27)13-10-6-7-11-14(13)19(15)29-22/h3-11,20H,1-2H3. The lowest BCUT2D eigenvalue weighted by Gasteiger charge is -2.27. The number of hydrogen-bond donors (Lipinski definition) is 0. The Kier molecular flexibility index (Phi) is 3.99. The third kappa shape index (κ3) is 2.60. The molecule has 0 bridgehead atoms. The molecule has 0 saturated heterocycles. The lowest BCUT2D eigenvalue weighted by atomic mass is 9.83. The molecule has 7 heteroatoms. The Balaban J connectivity index is 1.70. The van der Waals surface area contributed by atoms with E-state index in [1.807, 2.05) is 56.3 Å². The van der Waals surface area contributed by atoms with Crippen molar-refractivity contribution in [2.24, 2.45) is 0 Å². The van der Waals surface area contributed by atoms with Gasteiger partial charge in [-0.3, -0.25) is 9.59 Å². The summed E-state index contributed by atoms with van der Waals surface area (Å²) in [5.74, 6) is -0.585. The van der Waals surface area contributed by atoms with Gasteiger partial charge in [-0.15, -0.1) is 5.10 Å². The SMILES string of the molecule is CC1(C)OC2=C(C(=O)C(=O)c3ccccc32)C1n1nnc(-c2ccccc2)c1I. The van der Waals surface area contributed by atoms with Gasteiger partial charge in [0.1, 0.15) is 26.8 Å². The summed E-state index contributed by atoms with van der Waals surface area (Å²) < 4.78 is 8.73. The number of hydrogen-bond acceptors (Lipinski definition) is 5. The molecule has 0 saturated carbocycles. The number of ether oxygens (including phenoxy) is 1. The molecule has 0 fully saturated rings. The van der Waals surface area contributed by atoms with E-state index in [1.165, 1.54) is 0 Å². The van der Waals surface area contributed by atoms with Gasteiger partial charge in [0.2, 0.25) is 11.6 Å². The smallest absolute Gasteiger partial charge is 0.235 e. The molecular formula is C22H16IN3O3. The van der Waals surface area contributed by atoms with E-state index in [9.17, 15) is 9.59 Å². The third-order valence-electron chi connectivity index (χ3n) is 5.34. The number of aromatic nitrogens is 3. The van der Waals surface area contributed by atoms with Crippen LogP contribution in [0.25, 0.3) is 17.0 Å². The predicted octanol–water partition coefficient (Wildman–Crippen LogP) is 4.08. The molecule has 0 spiro atoms. The van der Waals surface area contributed by atoms with Gasteiger partial charge >= 0.3 is 0 Å². The fourth-order valence-electron chi connectivity index (χ4n) is 4.03. The van der Waals surface area contributed by atoms with Crippen molar-refractivity contribution in [1.82, 2.24) is 15.0 Å². The minimum atomic E-state index is -0.778. The van der Waals surface area contributed by atoms with Crippen molar-refractivity contribution in [3.8, 4) is 11.3 Å². The van der Waals surface area contributed by atoms with Crippen LogP contribution in [0, 0.1) is 3.70 Å². The van der Waals surface area contributed by atoms with Gasteiger partial charge in [0.25, 0.3) is 0 Å². The number of carbonyl (C=O) groups excluding carboxylic acids is 2. The first-order valence-electron chi connectivity index (χ1n) is 9.18. The summed E-state index contributed by atoms with van der Waals surface area (Å²) in [6, 6.07) is 16.2. The Morgan fingerprint density at radius 1 is 0.966 bits per heavy atom. The fourth-order valence-corrected chi connectivity index (χ4v) is 4.83. The molecule has 1 aliphatic carbocycles. The Morgan fingerprint density at radius 2 is 1.62 bits per heavy atom. The van der Waals surface area contributed by atoms with Crippen LogP contribution in [-0.2, 0) is 9.53 Å². The molecule has 1 aliphatic heterocycles. The molecule has 5 rings (SSSR count). The zero-order valence-corrected chi connectivity index (χ0v) is 17.9. The minimum Gasteiger partial charge on any atom is -0.484 e. The van der Waals surface area contributed by atoms with E-state index in [0.29, 0.717) is 22.5 Å². The van der Waals surface area contributed by atoms with Gasteiger partial charge in [-0.1, -0.05) is 59.8 Å². The Bertz CT molecular complexity index is 1210. The van der Waals surface area contributed by atoms with E-state index in [2.05, 4.69) is 32.9 Å². The second-order valence-electron chi connectivity index (χ2n) is 7.59. The average molecular weight is 497 g/mol. The fraction of sp³-hybridized carbons (Fsp3) is 0.182. The first-order valence-corrected chi connectivity index (χ1v) is 10.3. The van der Waals surface area contributed by atoms with Crippen LogP contribution >= 0.6 is 22.6 Å². The van der Waals surface area contributed by atoms with E-state index in [0.717, 1.165) is 15.0 Å². The van der Waals surface area contributed by atoms with Gasteiger partial charge in [-0.25, -0.2) is 4.68 Å². The number of Topliss-reactive ketones (excluding diaryl/α,β-unsaturated/α-hetero) is 2. The second-order valence-corrected chi connectivity index (χ2v) is 8.62.